The first-order valence-electron chi connectivity index (χ1n) is 6.76. The Kier molecular flexibility index (Phi) is 3.73. The molecule has 4 nitrogen and oxygen atoms in total. The minimum Gasteiger partial charge on any atom is -0.369 e. The van der Waals surface area contributed by atoms with Crippen LogP contribution in [0.25, 0.3) is 11.0 Å². The predicted octanol–water partition coefficient (Wildman–Crippen LogP) is 2.65. The summed E-state index contributed by atoms with van der Waals surface area (Å²) in [6.45, 7) is 7.82. The first kappa shape index (κ1) is 14.8. The van der Waals surface area contributed by atoms with E-state index in [1.54, 1.807) is 6.92 Å². The maximum Gasteiger partial charge on any atom is 0.201 e. The second-order valence-corrected chi connectivity index (χ2v) is 6.55. The van der Waals surface area contributed by atoms with Gasteiger partial charge in [0.15, 0.2) is 0 Å². The zero-order chi connectivity index (χ0) is 15.1. The standard InChI is InChI=1S/C15H23FN4/c1-10-6-13-12(7-11(10)16)18-14(17)20(13)9-15(2,3)8-19(4)5/h6-7H,8-9H2,1-5H3,(H2,17,18). The molecule has 0 aliphatic heterocycles. The van der Waals surface area contributed by atoms with Gasteiger partial charge in [-0.25, -0.2) is 9.37 Å². The number of hydrogen-bond donors (Lipinski definition) is 1. The number of rotatable bonds is 4. The summed E-state index contributed by atoms with van der Waals surface area (Å²) in [6, 6.07) is 3.27. The summed E-state index contributed by atoms with van der Waals surface area (Å²) >= 11 is 0. The monoisotopic (exact) mass is 278 g/mol. The highest BCUT2D eigenvalue weighted by Gasteiger charge is 2.22. The van der Waals surface area contributed by atoms with Gasteiger partial charge in [0.05, 0.1) is 11.0 Å². The van der Waals surface area contributed by atoms with Crippen LogP contribution in [0.2, 0.25) is 0 Å². The number of halogens is 1. The molecule has 0 spiro atoms. The number of nitrogen functional groups attached to an aromatic ring is 1. The summed E-state index contributed by atoms with van der Waals surface area (Å²) < 4.78 is 15.6. The lowest BCUT2D eigenvalue weighted by atomic mass is 9.92. The molecule has 0 aliphatic rings. The molecule has 0 radical (unpaired) electrons. The molecule has 0 saturated carbocycles. The number of imidazole rings is 1. The zero-order valence-electron chi connectivity index (χ0n) is 12.9. The van der Waals surface area contributed by atoms with E-state index >= 15 is 0 Å². The number of nitrogens with zero attached hydrogens (tertiary/aromatic N) is 3. The molecule has 110 valence electrons. The Morgan fingerprint density at radius 1 is 1.35 bits per heavy atom. The highest BCUT2D eigenvalue weighted by molar-refractivity contribution is 5.79. The number of hydrogen-bond acceptors (Lipinski definition) is 3. The molecular weight excluding hydrogens is 255 g/mol. The van der Waals surface area contributed by atoms with Gasteiger partial charge in [0.1, 0.15) is 5.82 Å². The van der Waals surface area contributed by atoms with E-state index in [1.807, 2.05) is 10.6 Å². The Morgan fingerprint density at radius 2 is 2.00 bits per heavy atom. The predicted molar refractivity (Wildman–Crippen MR) is 81.2 cm³/mol. The molecule has 0 saturated heterocycles. The van der Waals surface area contributed by atoms with E-state index in [2.05, 4.69) is 37.8 Å². The van der Waals surface area contributed by atoms with Crippen molar-refractivity contribution in [1.82, 2.24) is 14.5 Å². The first-order valence-corrected chi connectivity index (χ1v) is 6.76. The van der Waals surface area contributed by atoms with Crippen LogP contribution in [0, 0.1) is 18.2 Å². The maximum atomic E-state index is 13.6. The minimum atomic E-state index is -0.241. The molecule has 0 bridgehead atoms. The van der Waals surface area contributed by atoms with Crippen molar-refractivity contribution >= 4 is 17.0 Å². The Hall–Kier alpha value is -1.62. The van der Waals surface area contributed by atoms with Crippen LogP contribution < -0.4 is 5.73 Å². The summed E-state index contributed by atoms with van der Waals surface area (Å²) in [6.07, 6.45) is 0. The third-order valence-electron chi connectivity index (χ3n) is 3.39. The zero-order valence-corrected chi connectivity index (χ0v) is 12.9. The number of benzene rings is 1. The fourth-order valence-electron chi connectivity index (χ4n) is 2.77. The molecule has 2 aromatic rings. The van der Waals surface area contributed by atoms with E-state index in [4.69, 9.17) is 5.73 Å². The molecule has 0 fully saturated rings. The highest BCUT2D eigenvalue weighted by Crippen LogP contribution is 2.27. The third kappa shape index (κ3) is 2.93. The molecule has 0 aliphatic carbocycles. The molecule has 5 heteroatoms. The van der Waals surface area contributed by atoms with E-state index < -0.39 is 0 Å². The summed E-state index contributed by atoms with van der Waals surface area (Å²) in [4.78, 5) is 6.42. The van der Waals surface area contributed by atoms with Crippen LogP contribution >= 0.6 is 0 Å². The Balaban J connectivity index is 2.44. The van der Waals surface area contributed by atoms with Gasteiger partial charge < -0.3 is 15.2 Å². The van der Waals surface area contributed by atoms with Gasteiger partial charge in [-0.15, -0.1) is 0 Å². The second kappa shape index (κ2) is 5.05. The third-order valence-corrected chi connectivity index (χ3v) is 3.39. The van der Waals surface area contributed by atoms with E-state index in [0.717, 1.165) is 18.6 Å². The number of fused-ring (bicyclic) bond motifs is 1. The topological polar surface area (TPSA) is 47.1 Å². The van der Waals surface area contributed by atoms with Crippen LogP contribution in [0.1, 0.15) is 19.4 Å². The van der Waals surface area contributed by atoms with Crippen molar-refractivity contribution < 1.29 is 4.39 Å². The molecule has 2 rings (SSSR count). The van der Waals surface area contributed by atoms with Crippen molar-refractivity contribution in [3.8, 4) is 0 Å². The van der Waals surface area contributed by atoms with Crippen molar-refractivity contribution in [2.24, 2.45) is 5.41 Å². The van der Waals surface area contributed by atoms with Crippen LogP contribution in [0.15, 0.2) is 12.1 Å². The van der Waals surface area contributed by atoms with Crippen molar-refractivity contribution in [2.45, 2.75) is 27.3 Å². The molecule has 1 aromatic carbocycles. The number of anilines is 1. The lowest BCUT2D eigenvalue weighted by molar-refractivity contribution is 0.214. The molecule has 1 aromatic heterocycles. The molecule has 20 heavy (non-hydrogen) atoms. The quantitative estimate of drug-likeness (QED) is 0.935. The van der Waals surface area contributed by atoms with Gasteiger partial charge in [0.25, 0.3) is 0 Å². The van der Waals surface area contributed by atoms with Gasteiger partial charge in [-0.1, -0.05) is 13.8 Å². The van der Waals surface area contributed by atoms with Gasteiger partial charge in [-0.3, -0.25) is 0 Å². The Morgan fingerprint density at radius 3 is 2.60 bits per heavy atom. The molecule has 0 atom stereocenters. The molecule has 0 amide bonds. The molecule has 0 unspecified atom stereocenters. The van der Waals surface area contributed by atoms with Gasteiger partial charge in [0, 0.05) is 19.2 Å². The smallest absolute Gasteiger partial charge is 0.201 e. The van der Waals surface area contributed by atoms with E-state index in [0.29, 0.717) is 17.0 Å². The number of aromatic nitrogens is 2. The minimum absolute atomic E-state index is 0.0491. The van der Waals surface area contributed by atoms with Crippen molar-refractivity contribution in [2.75, 3.05) is 26.4 Å². The summed E-state index contributed by atoms with van der Waals surface area (Å²) in [5, 5.41) is 0. The number of aryl methyl sites for hydroxylation is 1. The van der Waals surface area contributed by atoms with Gasteiger partial charge in [0.2, 0.25) is 5.95 Å². The van der Waals surface area contributed by atoms with Crippen LogP contribution in [0.4, 0.5) is 10.3 Å². The average molecular weight is 278 g/mol. The SMILES string of the molecule is Cc1cc2c(cc1F)nc(N)n2CC(C)(C)CN(C)C. The van der Waals surface area contributed by atoms with Gasteiger partial charge in [-0.2, -0.15) is 0 Å². The van der Waals surface area contributed by atoms with Crippen LogP contribution in [0.3, 0.4) is 0 Å². The first-order chi connectivity index (χ1) is 9.19. The van der Waals surface area contributed by atoms with Gasteiger partial charge in [-0.05, 0) is 38.1 Å². The van der Waals surface area contributed by atoms with Crippen molar-refractivity contribution in [3.05, 3.63) is 23.5 Å². The molecule has 2 N–H and O–H groups in total. The largest absolute Gasteiger partial charge is 0.369 e. The summed E-state index contributed by atoms with van der Waals surface area (Å²) in [7, 11) is 4.10. The lowest BCUT2D eigenvalue weighted by Gasteiger charge is -2.29. The number of nitrogens with two attached hydrogens (primary N) is 1. The van der Waals surface area contributed by atoms with Crippen molar-refractivity contribution in [1.29, 1.82) is 0 Å². The highest BCUT2D eigenvalue weighted by atomic mass is 19.1. The van der Waals surface area contributed by atoms with Crippen LogP contribution in [-0.4, -0.2) is 35.1 Å². The Bertz CT molecular complexity index is 628. The van der Waals surface area contributed by atoms with Gasteiger partial charge >= 0.3 is 0 Å². The van der Waals surface area contributed by atoms with Crippen molar-refractivity contribution in [3.63, 3.8) is 0 Å². The van der Waals surface area contributed by atoms with E-state index in [1.165, 1.54) is 6.07 Å². The summed E-state index contributed by atoms with van der Waals surface area (Å²) in [5.41, 5.74) is 8.18. The normalized spacial score (nSPS) is 12.6. The lowest BCUT2D eigenvalue weighted by Crippen LogP contribution is -2.32. The fourth-order valence-corrected chi connectivity index (χ4v) is 2.77. The van der Waals surface area contributed by atoms with E-state index in [-0.39, 0.29) is 11.2 Å². The summed E-state index contributed by atoms with van der Waals surface area (Å²) in [5.74, 6) is 0.200. The van der Waals surface area contributed by atoms with Crippen LogP contribution in [-0.2, 0) is 6.54 Å². The average Bonchev–Trinajstić information content (AvgIpc) is 2.54. The maximum absolute atomic E-state index is 13.6. The van der Waals surface area contributed by atoms with E-state index in [9.17, 15) is 4.39 Å². The second-order valence-electron chi connectivity index (χ2n) is 6.55. The molecule has 1 heterocycles. The Labute approximate surface area is 119 Å². The fraction of sp³-hybridized carbons (Fsp3) is 0.533. The van der Waals surface area contributed by atoms with Crippen LogP contribution in [0.5, 0.6) is 0 Å². The molecular formula is C15H23FN4.